The Labute approximate surface area is 99.3 Å². The molecule has 1 aliphatic carbocycles. The van der Waals surface area contributed by atoms with E-state index >= 15 is 0 Å². The molecule has 3 heteroatoms. The Morgan fingerprint density at radius 3 is 2.24 bits per heavy atom. The highest BCUT2D eigenvalue weighted by Crippen LogP contribution is 2.25. The first-order chi connectivity index (χ1) is 8.24. The lowest BCUT2D eigenvalue weighted by atomic mass is 9.94. The molecule has 0 fully saturated rings. The first kappa shape index (κ1) is 10.9. The Morgan fingerprint density at radius 1 is 1.00 bits per heavy atom. The number of hydrogen-bond donors (Lipinski definition) is 0. The van der Waals surface area contributed by atoms with Crippen LogP contribution in [0.2, 0.25) is 0 Å². The lowest BCUT2D eigenvalue weighted by molar-refractivity contribution is -0.113. The predicted octanol–water partition coefficient (Wildman–Crippen LogP) is 3.40. The Bertz CT molecular complexity index is 607. The largest absolute Gasteiger partial charge is 0.295 e. The van der Waals surface area contributed by atoms with Crippen molar-refractivity contribution < 1.29 is 4.79 Å². The van der Waals surface area contributed by atoms with Crippen LogP contribution in [0.1, 0.15) is 12.0 Å². The van der Waals surface area contributed by atoms with Crippen molar-refractivity contribution in [2.75, 3.05) is 0 Å². The van der Waals surface area contributed by atoms with E-state index in [1.807, 2.05) is 0 Å². The van der Waals surface area contributed by atoms with Gasteiger partial charge in [0.25, 0.3) is 0 Å². The van der Waals surface area contributed by atoms with Gasteiger partial charge in [-0.1, -0.05) is 36.4 Å². The fraction of sp³-hybridized carbons (Fsp3) is 0.0714. The minimum absolute atomic E-state index is 0.0472. The third-order valence-corrected chi connectivity index (χ3v) is 2.54. The van der Waals surface area contributed by atoms with Crippen molar-refractivity contribution in [3.8, 4) is 0 Å². The summed E-state index contributed by atoms with van der Waals surface area (Å²) in [5.41, 5.74) is 2.42. The maximum absolute atomic E-state index is 11.8. The van der Waals surface area contributed by atoms with Gasteiger partial charge in [0.05, 0.1) is 13.1 Å². The third kappa shape index (κ3) is 2.14. The molecule has 0 N–H and O–H groups in total. The number of ketones is 1. The molecule has 0 saturated carbocycles. The Kier molecular flexibility index (Phi) is 2.85. The number of benzene rings is 1. The van der Waals surface area contributed by atoms with Crippen molar-refractivity contribution in [3.63, 3.8) is 0 Å². The Hall–Kier alpha value is -2.65. The molecule has 0 bridgehead atoms. The second-order valence-corrected chi connectivity index (χ2v) is 3.61. The van der Waals surface area contributed by atoms with Gasteiger partial charge in [-0.2, -0.15) is 0 Å². The molecule has 3 nitrogen and oxygen atoms in total. The number of Topliss-reactive ketones (excluding diaryl/α,β-unsaturated/α-hetero) is 1. The molecule has 17 heavy (non-hydrogen) atoms. The minimum Gasteiger partial charge on any atom is -0.295 e. The van der Waals surface area contributed by atoms with Crippen molar-refractivity contribution in [2.24, 2.45) is 0 Å². The van der Waals surface area contributed by atoms with E-state index in [-0.39, 0.29) is 12.2 Å². The van der Waals surface area contributed by atoms with E-state index in [2.05, 4.69) is 9.69 Å². The van der Waals surface area contributed by atoms with Crippen LogP contribution in [0, 0.1) is 13.1 Å². The second-order valence-electron chi connectivity index (χ2n) is 3.61. The molecular weight excluding hydrogens is 212 g/mol. The Balaban J connectivity index is 2.38. The van der Waals surface area contributed by atoms with E-state index < -0.39 is 0 Å². The highest BCUT2D eigenvalue weighted by atomic mass is 16.1. The number of carbonyl (C=O) groups is 1. The van der Waals surface area contributed by atoms with Gasteiger partial charge in [0.2, 0.25) is 0 Å². The van der Waals surface area contributed by atoms with E-state index in [1.165, 1.54) is 0 Å². The zero-order valence-corrected chi connectivity index (χ0v) is 8.97. The summed E-state index contributed by atoms with van der Waals surface area (Å²) in [6, 6.07) is 6.89. The predicted molar refractivity (Wildman–Crippen MR) is 65.0 cm³/mol. The number of nitrogens with zero attached hydrogens (tertiary/aromatic N) is 2. The van der Waals surface area contributed by atoms with E-state index in [9.17, 15) is 4.79 Å². The first-order valence-electron chi connectivity index (χ1n) is 5.04. The number of allylic oxidation sites excluding steroid dienone is 4. The summed E-state index contributed by atoms with van der Waals surface area (Å²) in [4.78, 5) is 18.4. The van der Waals surface area contributed by atoms with Crippen LogP contribution in [0.25, 0.3) is 15.3 Å². The van der Waals surface area contributed by atoms with Crippen LogP contribution in [0.3, 0.4) is 0 Å². The minimum atomic E-state index is -0.0472. The molecule has 0 heterocycles. The number of carbonyl (C=O) groups excluding carboxylic acids is 1. The van der Waals surface area contributed by atoms with E-state index in [0.717, 1.165) is 5.56 Å². The van der Waals surface area contributed by atoms with Crippen LogP contribution in [0.4, 0.5) is 5.69 Å². The summed E-state index contributed by atoms with van der Waals surface area (Å²) in [5.74, 6) is -0.0472. The zero-order valence-electron chi connectivity index (χ0n) is 8.97. The molecule has 0 radical (unpaired) electrons. The maximum Gasteiger partial charge on any atom is 0.187 e. The summed E-state index contributed by atoms with van der Waals surface area (Å²) in [6.45, 7) is 13.7. The molecule has 0 atom stereocenters. The summed E-state index contributed by atoms with van der Waals surface area (Å²) in [7, 11) is 0. The van der Waals surface area contributed by atoms with E-state index in [4.69, 9.17) is 13.1 Å². The molecule has 0 saturated heterocycles. The molecule has 0 unspecified atom stereocenters. The lowest BCUT2D eigenvalue weighted by Crippen LogP contribution is -2.05. The van der Waals surface area contributed by atoms with Crippen LogP contribution < -0.4 is 0 Å². The SMILES string of the molecule is [C-]#[N+]C1=CC=C(c2ccc([N+]#[C-])cc2)C(=O)C1. The molecule has 0 spiro atoms. The summed E-state index contributed by atoms with van der Waals surface area (Å²) in [5, 5.41) is 0. The van der Waals surface area contributed by atoms with E-state index in [1.54, 1.807) is 36.4 Å². The van der Waals surface area contributed by atoms with Gasteiger partial charge >= 0.3 is 0 Å². The number of rotatable bonds is 1. The Morgan fingerprint density at radius 2 is 1.71 bits per heavy atom. The van der Waals surface area contributed by atoms with Gasteiger partial charge < -0.3 is 0 Å². The third-order valence-electron chi connectivity index (χ3n) is 2.54. The average Bonchev–Trinajstić information content (AvgIpc) is 2.39. The summed E-state index contributed by atoms with van der Waals surface area (Å²) >= 11 is 0. The van der Waals surface area contributed by atoms with Crippen molar-refractivity contribution in [3.05, 3.63) is 70.5 Å². The normalized spacial score (nSPS) is 14.4. The van der Waals surface area contributed by atoms with Gasteiger partial charge in [0, 0.05) is 12.0 Å². The van der Waals surface area contributed by atoms with Gasteiger partial charge in [0.15, 0.2) is 17.2 Å². The average molecular weight is 220 g/mol. The van der Waals surface area contributed by atoms with Crippen molar-refractivity contribution in [2.45, 2.75) is 6.42 Å². The van der Waals surface area contributed by atoms with Crippen molar-refractivity contribution in [1.29, 1.82) is 0 Å². The second kappa shape index (κ2) is 4.47. The molecule has 1 aliphatic rings. The van der Waals surface area contributed by atoms with Crippen LogP contribution in [-0.2, 0) is 4.79 Å². The molecule has 0 amide bonds. The quantitative estimate of drug-likeness (QED) is 0.666. The fourth-order valence-corrected chi connectivity index (χ4v) is 1.64. The van der Waals surface area contributed by atoms with Gasteiger partial charge in [-0.15, -0.1) is 0 Å². The monoisotopic (exact) mass is 220 g/mol. The van der Waals surface area contributed by atoms with Crippen LogP contribution in [0.5, 0.6) is 0 Å². The zero-order chi connectivity index (χ0) is 12.3. The van der Waals surface area contributed by atoms with Gasteiger partial charge in [0.1, 0.15) is 0 Å². The van der Waals surface area contributed by atoms with Gasteiger partial charge in [-0.25, -0.2) is 9.69 Å². The van der Waals surface area contributed by atoms with E-state index in [0.29, 0.717) is 17.0 Å². The topological polar surface area (TPSA) is 25.8 Å². The molecule has 1 aromatic carbocycles. The highest BCUT2D eigenvalue weighted by Gasteiger charge is 2.17. The molecule has 80 valence electrons. The van der Waals surface area contributed by atoms with Crippen LogP contribution >= 0.6 is 0 Å². The maximum atomic E-state index is 11.8. The standard InChI is InChI=1S/C14H8N2O/c1-15-11-5-3-10(4-6-11)13-8-7-12(16-2)9-14(13)17/h3-8H,9H2. The number of hydrogen-bond acceptors (Lipinski definition) is 1. The molecule has 2 rings (SSSR count). The first-order valence-corrected chi connectivity index (χ1v) is 5.04. The van der Waals surface area contributed by atoms with Crippen molar-refractivity contribution in [1.82, 2.24) is 0 Å². The summed E-state index contributed by atoms with van der Waals surface area (Å²) < 4.78 is 0. The van der Waals surface area contributed by atoms with Crippen LogP contribution in [0.15, 0.2) is 42.1 Å². The molecule has 1 aromatic rings. The smallest absolute Gasteiger partial charge is 0.187 e. The van der Waals surface area contributed by atoms with Gasteiger partial charge in [-0.3, -0.25) is 4.79 Å². The molecular formula is C14H8N2O. The van der Waals surface area contributed by atoms with Crippen LogP contribution in [-0.4, -0.2) is 5.78 Å². The highest BCUT2D eigenvalue weighted by molar-refractivity contribution is 6.22. The lowest BCUT2D eigenvalue weighted by Gasteiger charge is -2.10. The summed E-state index contributed by atoms with van der Waals surface area (Å²) in [6.07, 6.45) is 3.51. The van der Waals surface area contributed by atoms with Gasteiger partial charge in [-0.05, 0) is 5.56 Å². The molecule has 0 aliphatic heterocycles. The fourth-order valence-electron chi connectivity index (χ4n) is 1.64. The van der Waals surface area contributed by atoms with Crippen molar-refractivity contribution >= 4 is 17.0 Å². The molecule has 0 aromatic heterocycles.